The summed E-state index contributed by atoms with van der Waals surface area (Å²) in [5.41, 5.74) is 1.93. The van der Waals surface area contributed by atoms with Crippen molar-refractivity contribution in [2.24, 2.45) is 0 Å². The van der Waals surface area contributed by atoms with E-state index in [2.05, 4.69) is 4.98 Å². The van der Waals surface area contributed by atoms with Crippen molar-refractivity contribution in [1.82, 2.24) is 14.5 Å². The molecule has 0 unspecified atom stereocenters. The van der Waals surface area contributed by atoms with E-state index in [-0.39, 0.29) is 17.6 Å². The second-order valence-corrected chi connectivity index (χ2v) is 6.64. The van der Waals surface area contributed by atoms with E-state index in [1.165, 1.54) is 12.1 Å². The van der Waals surface area contributed by atoms with Gasteiger partial charge in [-0.2, -0.15) is 13.2 Å². The number of fused-ring (bicyclic) bond motifs is 1. The molecule has 0 spiro atoms. The number of para-hydroxylation sites is 2. The standard InChI is InChI=1S/C20H18F3N3O3/c1-13-6-8-14(9-7-13)10-25(12-18(28)29)17(27)11-26-16-5-3-2-4-15(16)24-19(26)20(21,22)23/h2-9H,10-12H2,1H3,(H,28,29). The van der Waals surface area contributed by atoms with Gasteiger partial charge in [0.05, 0.1) is 11.0 Å². The largest absolute Gasteiger partial charge is 0.480 e. The van der Waals surface area contributed by atoms with Crippen molar-refractivity contribution in [2.45, 2.75) is 26.2 Å². The van der Waals surface area contributed by atoms with Gasteiger partial charge in [-0.3, -0.25) is 9.59 Å². The van der Waals surface area contributed by atoms with Crippen LogP contribution in [0.4, 0.5) is 13.2 Å². The second kappa shape index (κ2) is 7.94. The summed E-state index contributed by atoms with van der Waals surface area (Å²) in [4.78, 5) is 28.6. The summed E-state index contributed by atoms with van der Waals surface area (Å²) in [6.07, 6.45) is -4.76. The average molecular weight is 405 g/mol. The van der Waals surface area contributed by atoms with E-state index in [0.29, 0.717) is 5.56 Å². The number of aromatic nitrogens is 2. The van der Waals surface area contributed by atoms with Crippen LogP contribution < -0.4 is 0 Å². The number of carboxylic acids is 1. The normalized spacial score (nSPS) is 11.6. The number of carbonyl (C=O) groups excluding carboxylic acids is 1. The van der Waals surface area contributed by atoms with Crippen LogP contribution in [0.5, 0.6) is 0 Å². The van der Waals surface area contributed by atoms with Gasteiger partial charge in [0, 0.05) is 6.54 Å². The van der Waals surface area contributed by atoms with Gasteiger partial charge in [0.25, 0.3) is 0 Å². The maximum Gasteiger partial charge on any atom is 0.449 e. The molecule has 1 amide bonds. The van der Waals surface area contributed by atoms with Gasteiger partial charge in [-0.1, -0.05) is 42.0 Å². The Morgan fingerprint density at radius 2 is 1.76 bits per heavy atom. The maximum absolute atomic E-state index is 13.4. The number of hydrogen-bond acceptors (Lipinski definition) is 3. The first-order chi connectivity index (χ1) is 13.6. The molecule has 9 heteroatoms. The molecule has 0 saturated heterocycles. The minimum Gasteiger partial charge on any atom is -0.480 e. The molecular formula is C20H18F3N3O3. The summed E-state index contributed by atoms with van der Waals surface area (Å²) in [7, 11) is 0. The van der Waals surface area contributed by atoms with E-state index in [0.717, 1.165) is 15.0 Å². The van der Waals surface area contributed by atoms with Gasteiger partial charge >= 0.3 is 12.1 Å². The molecule has 1 N–H and O–H groups in total. The van der Waals surface area contributed by atoms with E-state index in [9.17, 15) is 22.8 Å². The van der Waals surface area contributed by atoms with E-state index >= 15 is 0 Å². The number of carboxylic acid groups (broad SMARTS) is 1. The second-order valence-electron chi connectivity index (χ2n) is 6.64. The number of alkyl halides is 3. The molecule has 152 valence electrons. The Labute approximate surface area is 164 Å². The third-order valence-corrected chi connectivity index (χ3v) is 4.37. The molecule has 0 aliphatic heterocycles. The van der Waals surface area contributed by atoms with Gasteiger partial charge in [-0.05, 0) is 24.6 Å². The summed E-state index contributed by atoms with van der Waals surface area (Å²) in [6, 6.07) is 13.1. The zero-order valence-electron chi connectivity index (χ0n) is 15.5. The fourth-order valence-corrected chi connectivity index (χ4v) is 3.00. The lowest BCUT2D eigenvalue weighted by atomic mass is 10.1. The van der Waals surface area contributed by atoms with Crippen LogP contribution in [-0.4, -0.2) is 38.0 Å². The molecule has 6 nitrogen and oxygen atoms in total. The number of nitrogens with zero attached hydrogens (tertiary/aromatic N) is 3. The number of aryl methyl sites for hydroxylation is 1. The highest BCUT2D eigenvalue weighted by Crippen LogP contribution is 2.31. The lowest BCUT2D eigenvalue weighted by molar-refractivity contribution is -0.150. The SMILES string of the molecule is Cc1ccc(CN(CC(=O)O)C(=O)Cn2c(C(F)(F)F)nc3ccccc32)cc1. The van der Waals surface area contributed by atoms with Gasteiger partial charge in [0.1, 0.15) is 13.1 Å². The van der Waals surface area contributed by atoms with Crippen LogP contribution in [0.25, 0.3) is 11.0 Å². The van der Waals surface area contributed by atoms with Crippen LogP contribution in [0.15, 0.2) is 48.5 Å². The summed E-state index contributed by atoms with van der Waals surface area (Å²) >= 11 is 0. The fourth-order valence-electron chi connectivity index (χ4n) is 3.00. The van der Waals surface area contributed by atoms with Crippen LogP contribution in [-0.2, 0) is 28.9 Å². The van der Waals surface area contributed by atoms with Crippen LogP contribution in [0.3, 0.4) is 0 Å². The van der Waals surface area contributed by atoms with Gasteiger partial charge < -0.3 is 14.6 Å². The lowest BCUT2D eigenvalue weighted by Crippen LogP contribution is -2.38. The van der Waals surface area contributed by atoms with Gasteiger partial charge in [0.2, 0.25) is 11.7 Å². The predicted octanol–water partition coefficient (Wildman–Crippen LogP) is 3.48. The fraction of sp³-hybridized carbons (Fsp3) is 0.250. The highest BCUT2D eigenvalue weighted by atomic mass is 19.4. The van der Waals surface area contributed by atoms with Crippen LogP contribution in [0.2, 0.25) is 0 Å². The number of rotatable bonds is 6. The number of hydrogen-bond donors (Lipinski definition) is 1. The molecule has 1 heterocycles. The van der Waals surface area contributed by atoms with Crippen molar-refractivity contribution in [2.75, 3.05) is 6.54 Å². The Hall–Kier alpha value is -3.36. The zero-order valence-corrected chi connectivity index (χ0v) is 15.5. The number of imidazole rings is 1. The Morgan fingerprint density at radius 1 is 1.10 bits per heavy atom. The Kier molecular flexibility index (Phi) is 5.58. The highest BCUT2D eigenvalue weighted by molar-refractivity contribution is 5.83. The minimum atomic E-state index is -4.76. The Balaban J connectivity index is 1.93. The van der Waals surface area contributed by atoms with Crippen LogP contribution in [0.1, 0.15) is 17.0 Å². The number of aliphatic carboxylic acids is 1. The molecule has 1 aromatic heterocycles. The van der Waals surface area contributed by atoms with Crippen molar-refractivity contribution in [3.8, 4) is 0 Å². The number of amides is 1. The smallest absolute Gasteiger partial charge is 0.449 e. The Bertz CT molecular complexity index is 1040. The molecule has 0 bridgehead atoms. The molecule has 29 heavy (non-hydrogen) atoms. The summed E-state index contributed by atoms with van der Waals surface area (Å²) in [5, 5.41) is 9.14. The molecule has 0 fully saturated rings. The molecule has 0 saturated carbocycles. The van der Waals surface area contributed by atoms with Crippen LogP contribution >= 0.6 is 0 Å². The summed E-state index contributed by atoms with van der Waals surface area (Å²) < 4.78 is 41.1. The van der Waals surface area contributed by atoms with Crippen molar-refractivity contribution < 1.29 is 27.9 Å². The molecule has 3 aromatic rings. The molecule has 0 aliphatic carbocycles. The van der Waals surface area contributed by atoms with E-state index in [4.69, 9.17) is 5.11 Å². The van der Waals surface area contributed by atoms with E-state index < -0.39 is 37.0 Å². The van der Waals surface area contributed by atoms with Crippen molar-refractivity contribution in [3.63, 3.8) is 0 Å². The molecule has 2 aromatic carbocycles. The first-order valence-electron chi connectivity index (χ1n) is 8.72. The lowest BCUT2D eigenvalue weighted by Gasteiger charge is -2.22. The predicted molar refractivity (Wildman–Crippen MR) is 99.0 cm³/mol. The maximum atomic E-state index is 13.4. The minimum absolute atomic E-state index is 0.0284. The average Bonchev–Trinajstić information content (AvgIpc) is 3.01. The van der Waals surface area contributed by atoms with Gasteiger partial charge in [-0.25, -0.2) is 4.98 Å². The third kappa shape index (κ3) is 4.74. The summed E-state index contributed by atoms with van der Waals surface area (Å²) in [5.74, 6) is -3.20. The van der Waals surface area contributed by atoms with Crippen molar-refractivity contribution in [3.05, 3.63) is 65.5 Å². The van der Waals surface area contributed by atoms with Gasteiger partial charge in [-0.15, -0.1) is 0 Å². The number of benzene rings is 2. The molecular weight excluding hydrogens is 387 g/mol. The zero-order chi connectivity index (χ0) is 21.2. The van der Waals surface area contributed by atoms with Crippen molar-refractivity contribution in [1.29, 1.82) is 0 Å². The van der Waals surface area contributed by atoms with E-state index in [1.807, 2.05) is 19.1 Å². The topological polar surface area (TPSA) is 75.4 Å². The first kappa shape index (κ1) is 20.4. The highest BCUT2D eigenvalue weighted by Gasteiger charge is 2.38. The van der Waals surface area contributed by atoms with Crippen LogP contribution in [0, 0.1) is 6.92 Å². The molecule has 0 aliphatic rings. The quantitative estimate of drug-likeness (QED) is 0.681. The molecule has 3 rings (SSSR count). The van der Waals surface area contributed by atoms with Crippen molar-refractivity contribution >= 4 is 22.9 Å². The first-order valence-corrected chi connectivity index (χ1v) is 8.72. The van der Waals surface area contributed by atoms with Gasteiger partial charge in [0.15, 0.2) is 0 Å². The monoisotopic (exact) mass is 405 g/mol. The van der Waals surface area contributed by atoms with E-state index in [1.54, 1.807) is 24.3 Å². The molecule has 0 radical (unpaired) electrons. The Morgan fingerprint density at radius 3 is 2.38 bits per heavy atom. The summed E-state index contributed by atoms with van der Waals surface area (Å²) in [6.45, 7) is 0.557. The molecule has 0 atom stereocenters. The third-order valence-electron chi connectivity index (χ3n) is 4.37. The number of halogens is 3. The number of carbonyl (C=O) groups is 2.